The Morgan fingerprint density at radius 2 is 1.85 bits per heavy atom. The van der Waals surface area contributed by atoms with Crippen LogP contribution in [0.3, 0.4) is 0 Å². The molecule has 26 heavy (non-hydrogen) atoms. The van der Waals surface area contributed by atoms with Gasteiger partial charge in [-0.15, -0.1) is 0 Å². The van der Waals surface area contributed by atoms with Gasteiger partial charge in [-0.05, 0) is 27.7 Å². The lowest BCUT2D eigenvalue weighted by Crippen LogP contribution is -2.43. The molecule has 2 aromatic heterocycles. The first kappa shape index (κ1) is 18.6. The fourth-order valence-electron chi connectivity index (χ4n) is 3.16. The van der Waals surface area contributed by atoms with Gasteiger partial charge in [-0.3, -0.25) is 9.40 Å². The summed E-state index contributed by atoms with van der Waals surface area (Å²) in [6.45, 7) is 10.9. The van der Waals surface area contributed by atoms with Crippen LogP contribution in [0.2, 0.25) is 0 Å². The molecule has 0 bridgehead atoms. The Balaban J connectivity index is 1.82. The number of sulfonamides is 1. The normalized spacial score (nSPS) is 15.5. The van der Waals surface area contributed by atoms with Crippen molar-refractivity contribution in [3.63, 3.8) is 0 Å². The molecule has 2 aromatic rings. The summed E-state index contributed by atoms with van der Waals surface area (Å²) < 4.78 is 29.9. The van der Waals surface area contributed by atoms with Gasteiger partial charge in [-0.25, -0.2) is 18.4 Å². The molecule has 10 heteroatoms. The minimum Gasteiger partial charge on any atom is -0.353 e. The number of aromatic nitrogens is 4. The van der Waals surface area contributed by atoms with Gasteiger partial charge in [-0.2, -0.15) is 5.10 Å². The van der Waals surface area contributed by atoms with Crippen molar-refractivity contribution in [1.29, 1.82) is 0 Å². The van der Waals surface area contributed by atoms with E-state index in [4.69, 9.17) is 0 Å². The number of hydrogen-bond acceptors (Lipinski definition) is 7. The van der Waals surface area contributed by atoms with Gasteiger partial charge < -0.3 is 10.2 Å². The van der Waals surface area contributed by atoms with Gasteiger partial charge in [0.15, 0.2) is 5.82 Å². The number of nitrogens with one attached hydrogen (secondary N) is 2. The molecule has 0 radical (unpaired) electrons. The average molecular weight is 379 g/mol. The quantitative estimate of drug-likeness (QED) is 0.801. The second kappa shape index (κ2) is 7.20. The highest BCUT2D eigenvalue weighted by Gasteiger charge is 2.26. The van der Waals surface area contributed by atoms with E-state index < -0.39 is 10.0 Å². The third-order valence-electron chi connectivity index (χ3n) is 4.33. The molecule has 0 aromatic carbocycles. The lowest BCUT2D eigenvalue weighted by molar-refractivity contribution is 0.514. The maximum Gasteiger partial charge on any atom is 0.266 e. The highest BCUT2D eigenvalue weighted by Crippen LogP contribution is 2.24. The van der Waals surface area contributed by atoms with E-state index in [0.29, 0.717) is 11.4 Å². The summed E-state index contributed by atoms with van der Waals surface area (Å²) >= 11 is 0. The van der Waals surface area contributed by atoms with E-state index in [1.54, 1.807) is 24.7 Å². The highest BCUT2D eigenvalue weighted by molar-refractivity contribution is 7.92. The summed E-state index contributed by atoms with van der Waals surface area (Å²) in [5.74, 6) is 0.939. The van der Waals surface area contributed by atoms with E-state index >= 15 is 0 Å². The third-order valence-corrected chi connectivity index (χ3v) is 5.94. The molecule has 2 N–H and O–H groups in total. The summed E-state index contributed by atoms with van der Waals surface area (Å²) in [4.78, 5) is 10.9. The fourth-order valence-corrected chi connectivity index (χ4v) is 4.55. The van der Waals surface area contributed by atoms with Gasteiger partial charge in [0.1, 0.15) is 10.7 Å². The zero-order valence-corrected chi connectivity index (χ0v) is 16.3. The summed E-state index contributed by atoms with van der Waals surface area (Å²) in [6, 6.07) is 0.0794. The molecule has 0 amide bonds. The average Bonchev–Trinajstić information content (AvgIpc) is 2.91. The Morgan fingerprint density at radius 3 is 2.38 bits per heavy atom. The minimum absolute atomic E-state index is 0.0794. The third kappa shape index (κ3) is 3.65. The number of nitrogens with zero attached hydrogens (tertiary/aromatic N) is 5. The number of rotatable bonds is 5. The lowest BCUT2D eigenvalue weighted by atomic mass is 10.3. The first-order chi connectivity index (χ1) is 12.3. The van der Waals surface area contributed by atoms with Crippen LogP contribution in [0.4, 0.5) is 11.6 Å². The van der Waals surface area contributed by atoms with Gasteiger partial charge in [0.2, 0.25) is 0 Å². The fraction of sp³-hybridized carbons (Fsp3) is 0.562. The molecule has 1 aliphatic heterocycles. The monoisotopic (exact) mass is 379 g/mol. The maximum absolute atomic E-state index is 12.8. The Labute approximate surface area is 153 Å². The number of piperazine rings is 1. The van der Waals surface area contributed by atoms with E-state index in [9.17, 15) is 8.42 Å². The standard InChI is InChI=1S/C16H25N7O2S/c1-11(2)23-13(4)16(12(3)20-23)26(24,25)21-14-9-19-15(10-18-14)22-7-5-17-6-8-22/h9-11,17H,5-8H2,1-4H3,(H,18,21). The van der Waals surface area contributed by atoms with Crippen LogP contribution in [0, 0.1) is 13.8 Å². The van der Waals surface area contributed by atoms with Gasteiger partial charge in [0.25, 0.3) is 10.0 Å². The molecule has 3 rings (SSSR count). The van der Waals surface area contributed by atoms with E-state index in [1.165, 1.54) is 6.20 Å². The lowest BCUT2D eigenvalue weighted by Gasteiger charge is -2.28. The molecular formula is C16H25N7O2S. The summed E-state index contributed by atoms with van der Waals surface area (Å²) in [6.07, 6.45) is 3.05. The van der Waals surface area contributed by atoms with Crippen LogP contribution in [0.1, 0.15) is 31.3 Å². The van der Waals surface area contributed by atoms with Crippen LogP contribution in [-0.2, 0) is 10.0 Å². The van der Waals surface area contributed by atoms with Crippen LogP contribution in [0.25, 0.3) is 0 Å². The zero-order chi connectivity index (χ0) is 18.9. The van der Waals surface area contributed by atoms with Crippen LogP contribution in [0.5, 0.6) is 0 Å². The molecule has 0 spiro atoms. The summed E-state index contributed by atoms with van der Waals surface area (Å²) in [5.41, 5.74) is 1.07. The Bertz CT molecular complexity index is 869. The SMILES string of the molecule is Cc1nn(C(C)C)c(C)c1S(=O)(=O)Nc1cnc(N2CCNCC2)cn1. The first-order valence-electron chi connectivity index (χ1n) is 8.66. The first-order valence-corrected chi connectivity index (χ1v) is 10.1. The van der Waals surface area contributed by atoms with Crippen LogP contribution < -0.4 is 14.9 Å². The van der Waals surface area contributed by atoms with Crippen molar-refractivity contribution in [1.82, 2.24) is 25.1 Å². The van der Waals surface area contributed by atoms with Crippen molar-refractivity contribution in [3.8, 4) is 0 Å². The zero-order valence-electron chi connectivity index (χ0n) is 15.5. The minimum atomic E-state index is -3.78. The van der Waals surface area contributed by atoms with Crippen molar-refractivity contribution >= 4 is 21.7 Å². The molecular weight excluding hydrogens is 354 g/mol. The smallest absolute Gasteiger partial charge is 0.266 e. The van der Waals surface area contributed by atoms with E-state index in [0.717, 1.165) is 32.0 Å². The topological polar surface area (TPSA) is 105 Å². The molecule has 0 unspecified atom stereocenters. The van der Waals surface area contributed by atoms with E-state index in [-0.39, 0.29) is 16.8 Å². The van der Waals surface area contributed by atoms with Crippen molar-refractivity contribution in [2.45, 2.75) is 38.6 Å². The van der Waals surface area contributed by atoms with Crippen molar-refractivity contribution in [3.05, 3.63) is 23.8 Å². The Kier molecular flexibility index (Phi) is 5.15. The van der Waals surface area contributed by atoms with Crippen LogP contribution in [0.15, 0.2) is 17.3 Å². The van der Waals surface area contributed by atoms with Crippen molar-refractivity contribution in [2.75, 3.05) is 35.8 Å². The van der Waals surface area contributed by atoms with Crippen LogP contribution in [-0.4, -0.2) is 54.3 Å². The maximum atomic E-state index is 12.8. The predicted molar refractivity (Wildman–Crippen MR) is 100 cm³/mol. The molecule has 0 aliphatic carbocycles. The second-order valence-corrected chi connectivity index (χ2v) is 8.26. The van der Waals surface area contributed by atoms with E-state index in [1.807, 2.05) is 13.8 Å². The largest absolute Gasteiger partial charge is 0.353 e. The second-order valence-electron chi connectivity index (χ2n) is 6.64. The molecule has 3 heterocycles. The number of hydrogen-bond donors (Lipinski definition) is 2. The molecule has 1 saturated heterocycles. The number of anilines is 2. The molecule has 9 nitrogen and oxygen atoms in total. The molecule has 1 fully saturated rings. The Hall–Kier alpha value is -2.20. The van der Waals surface area contributed by atoms with Crippen molar-refractivity contribution < 1.29 is 8.42 Å². The summed E-state index contributed by atoms with van der Waals surface area (Å²) in [5, 5.41) is 7.62. The number of aryl methyl sites for hydroxylation is 1. The molecule has 142 valence electrons. The molecule has 0 saturated carbocycles. The van der Waals surface area contributed by atoms with Gasteiger partial charge in [0, 0.05) is 32.2 Å². The highest BCUT2D eigenvalue weighted by atomic mass is 32.2. The molecule has 1 aliphatic rings. The van der Waals surface area contributed by atoms with Gasteiger partial charge in [-0.1, -0.05) is 0 Å². The molecule has 0 atom stereocenters. The summed E-state index contributed by atoms with van der Waals surface area (Å²) in [7, 11) is -3.78. The van der Waals surface area contributed by atoms with Crippen LogP contribution >= 0.6 is 0 Å². The van der Waals surface area contributed by atoms with Gasteiger partial charge >= 0.3 is 0 Å². The Morgan fingerprint density at radius 1 is 1.15 bits per heavy atom. The van der Waals surface area contributed by atoms with Gasteiger partial charge in [0.05, 0.1) is 23.8 Å². The van der Waals surface area contributed by atoms with E-state index in [2.05, 4.69) is 30.0 Å². The van der Waals surface area contributed by atoms with Crippen molar-refractivity contribution in [2.24, 2.45) is 0 Å². The predicted octanol–water partition coefficient (Wildman–Crippen LogP) is 1.08.